The monoisotopic (exact) mass is 545 g/mol. The molecule has 4 aromatic rings. The van der Waals surface area contributed by atoms with Crippen molar-refractivity contribution >= 4 is 56.2 Å². The van der Waals surface area contributed by atoms with Crippen molar-refractivity contribution in [2.45, 2.75) is 18.4 Å². The van der Waals surface area contributed by atoms with E-state index in [4.69, 9.17) is 23.2 Å². The van der Waals surface area contributed by atoms with Crippen LogP contribution in [0.25, 0.3) is 11.3 Å². The maximum absolute atomic E-state index is 13.4. The normalized spacial score (nSPS) is 11.5. The fourth-order valence-corrected chi connectivity index (χ4v) is 5.73. The van der Waals surface area contributed by atoms with Crippen molar-refractivity contribution in [2.24, 2.45) is 0 Å². The average molecular weight is 547 g/mol. The highest BCUT2D eigenvalue weighted by Crippen LogP contribution is 2.26. The molecule has 0 aliphatic heterocycles. The van der Waals surface area contributed by atoms with E-state index in [9.17, 15) is 13.2 Å². The summed E-state index contributed by atoms with van der Waals surface area (Å²) in [5.74, 6) is -0.485. The highest BCUT2D eigenvalue weighted by Gasteiger charge is 2.27. The minimum absolute atomic E-state index is 0.0302. The predicted molar refractivity (Wildman–Crippen MR) is 141 cm³/mol. The van der Waals surface area contributed by atoms with Crippen molar-refractivity contribution in [1.82, 2.24) is 9.29 Å². The number of aromatic nitrogens is 1. The summed E-state index contributed by atoms with van der Waals surface area (Å²) in [5, 5.41) is 6.51. The Morgan fingerprint density at radius 1 is 1.03 bits per heavy atom. The molecule has 0 aliphatic rings. The Balaban J connectivity index is 1.59. The number of anilines is 1. The number of benzene rings is 3. The van der Waals surface area contributed by atoms with Crippen LogP contribution in [0.1, 0.15) is 10.6 Å². The number of carbonyl (C=O) groups excluding carboxylic acids is 1. The lowest BCUT2D eigenvalue weighted by atomic mass is 10.1. The first-order valence-corrected chi connectivity index (χ1v) is 13.6. The van der Waals surface area contributed by atoms with Crippen LogP contribution in [-0.4, -0.2) is 30.2 Å². The first-order valence-electron chi connectivity index (χ1n) is 10.5. The van der Waals surface area contributed by atoms with Crippen molar-refractivity contribution in [3.8, 4) is 11.3 Å². The lowest BCUT2D eigenvalue weighted by molar-refractivity contribution is -0.116. The number of sulfonamides is 1. The van der Waals surface area contributed by atoms with Crippen LogP contribution in [-0.2, 0) is 21.4 Å². The molecule has 0 spiro atoms. The molecule has 0 saturated carbocycles. The van der Waals surface area contributed by atoms with Gasteiger partial charge in [-0.15, -0.1) is 11.3 Å². The van der Waals surface area contributed by atoms with Gasteiger partial charge in [0.1, 0.15) is 0 Å². The minimum atomic E-state index is -4.02. The summed E-state index contributed by atoms with van der Waals surface area (Å²) in [7, 11) is -4.02. The molecule has 1 N–H and O–H groups in total. The molecule has 4 rings (SSSR count). The van der Waals surface area contributed by atoms with E-state index in [1.165, 1.54) is 24.3 Å². The van der Waals surface area contributed by atoms with E-state index in [1.54, 1.807) is 47.7 Å². The first-order chi connectivity index (χ1) is 16.7. The van der Waals surface area contributed by atoms with Gasteiger partial charge in [-0.25, -0.2) is 13.4 Å². The number of nitrogens with one attached hydrogen (secondary N) is 1. The van der Waals surface area contributed by atoms with Crippen LogP contribution in [0.4, 0.5) is 5.69 Å². The van der Waals surface area contributed by atoms with Crippen LogP contribution < -0.4 is 5.32 Å². The van der Waals surface area contributed by atoms with Crippen LogP contribution in [0.5, 0.6) is 0 Å². The van der Waals surface area contributed by atoms with E-state index in [0.717, 1.165) is 20.6 Å². The van der Waals surface area contributed by atoms with Crippen LogP contribution in [0.3, 0.4) is 0 Å². The Morgan fingerprint density at radius 2 is 1.77 bits per heavy atom. The third-order valence-corrected chi connectivity index (χ3v) is 8.34. The van der Waals surface area contributed by atoms with E-state index < -0.39 is 22.5 Å². The maximum Gasteiger partial charge on any atom is 0.243 e. The van der Waals surface area contributed by atoms with Gasteiger partial charge in [-0.3, -0.25) is 4.79 Å². The average Bonchev–Trinajstić information content (AvgIpc) is 3.27. The van der Waals surface area contributed by atoms with Gasteiger partial charge in [0.2, 0.25) is 15.9 Å². The summed E-state index contributed by atoms with van der Waals surface area (Å²) in [5.41, 5.74) is 2.79. The molecule has 0 fully saturated rings. The topological polar surface area (TPSA) is 79.4 Å². The molecule has 1 heterocycles. The molecule has 0 saturated heterocycles. The smallest absolute Gasteiger partial charge is 0.243 e. The lowest BCUT2D eigenvalue weighted by Gasteiger charge is -2.22. The fraction of sp³-hybridized carbons (Fsp3) is 0.120. The van der Waals surface area contributed by atoms with Crippen LogP contribution in [0, 0.1) is 6.92 Å². The highest BCUT2D eigenvalue weighted by atomic mass is 35.5. The molecule has 0 atom stereocenters. The molecule has 0 unspecified atom stereocenters. The molecule has 6 nitrogen and oxygen atoms in total. The van der Waals surface area contributed by atoms with Crippen LogP contribution in [0.15, 0.2) is 83.1 Å². The predicted octanol–water partition coefficient (Wildman–Crippen LogP) is 6.25. The number of carbonyl (C=O) groups is 1. The molecule has 0 radical (unpaired) electrons. The zero-order valence-corrected chi connectivity index (χ0v) is 21.8. The van der Waals surface area contributed by atoms with E-state index in [2.05, 4.69) is 10.3 Å². The Labute approximate surface area is 218 Å². The number of thiazole rings is 1. The molecular formula is C25H21Cl2N3O3S2. The zero-order valence-electron chi connectivity index (χ0n) is 18.6. The third kappa shape index (κ3) is 6.28. The Morgan fingerprint density at radius 3 is 2.46 bits per heavy atom. The number of rotatable bonds is 8. The lowest BCUT2D eigenvalue weighted by Crippen LogP contribution is -2.37. The zero-order chi connectivity index (χ0) is 25.0. The molecular weight excluding hydrogens is 525 g/mol. The van der Waals surface area contributed by atoms with Crippen molar-refractivity contribution in [1.29, 1.82) is 0 Å². The number of amides is 1. The summed E-state index contributed by atoms with van der Waals surface area (Å²) in [6.45, 7) is 1.45. The second-order valence-electron chi connectivity index (χ2n) is 7.70. The van der Waals surface area contributed by atoms with Gasteiger partial charge in [0.05, 0.1) is 22.1 Å². The van der Waals surface area contributed by atoms with Gasteiger partial charge >= 0.3 is 0 Å². The molecule has 3 aromatic carbocycles. The van der Waals surface area contributed by atoms with Gasteiger partial charge in [-0.1, -0.05) is 53.5 Å². The van der Waals surface area contributed by atoms with Crippen molar-refractivity contribution < 1.29 is 13.2 Å². The van der Waals surface area contributed by atoms with Gasteiger partial charge in [0, 0.05) is 33.2 Å². The summed E-state index contributed by atoms with van der Waals surface area (Å²) in [6.07, 6.45) is 0. The fourth-order valence-electron chi connectivity index (χ4n) is 3.41. The third-order valence-electron chi connectivity index (χ3n) is 5.14. The number of hydrogen-bond donors (Lipinski definition) is 1. The van der Waals surface area contributed by atoms with Gasteiger partial charge in [0.25, 0.3) is 0 Å². The first kappa shape index (κ1) is 25.3. The molecule has 180 valence electrons. The second kappa shape index (κ2) is 10.9. The molecule has 10 heteroatoms. The second-order valence-corrected chi connectivity index (χ2v) is 11.5. The summed E-state index contributed by atoms with van der Waals surface area (Å²) in [4.78, 5) is 17.5. The van der Waals surface area contributed by atoms with Crippen molar-refractivity contribution in [3.05, 3.63) is 98.8 Å². The van der Waals surface area contributed by atoms with Crippen LogP contribution in [0.2, 0.25) is 10.0 Å². The SMILES string of the molecule is Cc1nc(-c2cccc(NC(=O)CN(Cc3ccccc3Cl)S(=O)(=O)c3ccc(Cl)cc3)c2)cs1. The van der Waals surface area contributed by atoms with E-state index in [-0.39, 0.29) is 11.4 Å². The Kier molecular flexibility index (Phi) is 7.88. The summed E-state index contributed by atoms with van der Waals surface area (Å²) < 4.78 is 28.0. The maximum atomic E-state index is 13.4. The minimum Gasteiger partial charge on any atom is -0.325 e. The van der Waals surface area contributed by atoms with E-state index >= 15 is 0 Å². The molecule has 0 aliphatic carbocycles. The summed E-state index contributed by atoms with van der Waals surface area (Å²) in [6, 6.07) is 20.0. The number of halogens is 2. The molecule has 1 amide bonds. The van der Waals surface area contributed by atoms with Gasteiger partial charge in [0.15, 0.2) is 0 Å². The standard InChI is InChI=1S/C25H21Cl2N3O3S2/c1-17-28-24(16-34-17)18-6-4-7-21(13-18)29-25(31)15-30(14-19-5-2-3-8-23(19)27)35(32,33)22-11-9-20(26)10-12-22/h2-13,16H,14-15H2,1H3,(H,29,31). The van der Waals surface area contributed by atoms with E-state index in [0.29, 0.717) is 21.3 Å². The van der Waals surface area contributed by atoms with Crippen molar-refractivity contribution in [2.75, 3.05) is 11.9 Å². The quantitative estimate of drug-likeness (QED) is 0.283. The van der Waals surface area contributed by atoms with Crippen LogP contribution >= 0.6 is 34.5 Å². The van der Waals surface area contributed by atoms with Gasteiger partial charge in [-0.05, 0) is 55.0 Å². The Hall–Kier alpha value is -2.75. The number of hydrogen-bond acceptors (Lipinski definition) is 5. The largest absolute Gasteiger partial charge is 0.325 e. The van der Waals surface area contributed by atoms with Crippen molar-refractivity contribution in [3.63, 3.8) is 0 Å². The highest BCUT2D eigenvalue weighted by molar-refractivity contribution is 7.89. The van der Waals surface area contributed by atoms with E-state index in [1.807, 2.05) is 24.4 Å². The molecule has 35 heavy (non-hydrogen) atoms. The molecule has 1 aromatic heterocycles. The van der Waals surface area contributed by atoms with Gasteiger partial charge < -0.3 is 5.32 Å². The summed E-state index contributed by atoms with van der Waals surface area (Å²) >= 11 is 13.8. The number of nitrogens with zero attached hydrogens (tertiary/aromatic N) is 2. The molecule has 0 bridgehead atoms. The Bertz CT molecular complexity index is 1450. The van der Waals surface area contributed by atoms with Gasteiger partial charge in [-0.2, -0.15) is 4.31 Å². The number of aryl methyl sites for hydroxylation is 1.